The van der Waals surface area contributed by atoms with Gasteiger partial charge in [0.15, 0.2) is 0 Å². The summed E-state index contributed by atoms with van der Waals surface area (Å²) >= 11 is 0. The Kier molecular flexibility index (Phi) is 6.43. The molecule has 2 rings (SSSR count). The van der Waals surface area contributed by atoms with Crippen molar-refractivity contribution in [1.29, 1.82) is 0 Å². The Labute approximate surface area is 132 Å². The van der Waals surface area contributed by atoms with Crippen LogP contribution in [-0.2, 0) is 10.8 Å². The van der Waals surface area contributed by atoms with Gasteiger partial charge in [0, 0.05) is 16.7 Å². The van der Waals surface area contributed by atoms with E-state index in [1.165, 1.54) is 31.2 Å². The molecule has 118 valence electrons. The van der Waals surface area contributed by atoms with Gasteiger partial charge in [0.2, 0.25) is 0 Å². The molecule has 3 heteroatoms. The standard InChI is InChI=1S/C18H29NOS/c1-4-19-18(16-7-5-6-8-16)13-21(20)17-11-9-15(10-12-17)14(2)3/h9-12,14,16,18-19H,4-8,13H2,1-3H3. The van der Waals surface area contributed by atoms with Crippen LogP contribution in [0.1, 0.15) is 57.9 Å². The molecule has 21 heavy (non-hydrogen) atoms. The van der Waals surface area contributed by atoms with Gasteiger partial charge < -0.3 is 5.32 Å². The van der Waals surface area contributed by atoms with Crippen LogP contribution < -0.4 is 5.32 Å². The van der Waals surface area contributed by atoms with E-state index >= 15 is 0 Å². The Hall–Kier alpha value is -0.670. The highest BCUT2D eigenvalue weighted by Crippen LogP contribution is 2.28. The molecule has 1 aliphatic rings. The molecular formula is C18H29NOS. The fraction of sp³-hybridized carbons (Fsp3) is 0.667. The van der Waals surface area contributed by atoms with E-state index in [4.69, 9.17) is 0 Å². The van der Waals surface area contributed by atoms with Crippen molar-refractivity contribution in [3.63, 3.8) is 0 Å². The Bertz CT molecular complexity index is 449. The molecule has 0 spiro atoms. The summed E-state index contributed by atoms with van der Waals surface area (Å²) in [6.45, 7) is 7.48. The van der Waals surface area contributed by atoms with Crippen molar-refractivity contribution in [1.82, 2.24) is 5.32 Å². The first-order chi connectivity index (χ1) is 10.1. The number of benzene rings is 1. The minimum absolute atomic E-state index is 0.406. The molecule has 1 N–H and O–H groups in total. The molecular weight excluding hydrogens is 278 g/mol. The lowest BCUT2D eigenvalue weighted by atomic mass is 10.00. The maximum atomic E-state index is 12.6. The highest BCUT2D eigenvalue weighted by atomic mass is 32.2. The van der Waals surface area contributed by atoms with Gasteiger partial charge in [-0.2, -0.15) is 0 Å². The molecule has 1 aromatic carbocycles. The molecule has 1 saturated carbocycles. The maximum Gasteiger partial charge on any atom is 0.0545 e. The van der Waals surface area contributed by atoms with Gasteiger partial charge in [-0.25, -0.2) is 0 Å². The van der Waals surface area contributed by atoms with Crippen molar-refractivity contribution in [2.24, 2.45) is 5.92 Å². The quantitative estimate of drug-likeness (QED) is 0.822. The molecule has 0 radical (unpaired) electrons. The second-order valence-corrected chi connectivity index (χ2v) is 7.94. The second kappa shape index (κ2) is 8.09. The molecule has 2 nitrogen and oxygen atoms in total. The normalized spacial score (nSPS) is 19.0. The van der Waals surface area contributed by atoms with Crippen LogP contribution in [0.5, 0.6) is 0 Å². The zero-order chi connectivity index (χ0) is 15.2. The van der Waals surface area contributed by atoms with E-state index in [1.54, 1.807) is 0 Å². The molecule has 0 aromatic heterocycles. The SMILES string of the molecule is CCNC(CS(=O)c1ccc(C(C)C)cc1)C1CCCC1. The molecule has 0 aliphatic heterocycles. The summed E-state index contributed by atoms with van der Waals surface area (Å²) < 4.78 is 12.6. The Morgan fingerprint density at radius 2 is 1.81 bits per heavy atom. The third-order valence-corrected chi connectivity index (χ3v) is 6.04. The molecule has 2 unspecified atom stereocenters. The summed E-state index contributed by atoms with van der Waals surface area (Å²) in [5.41, 5.74) is 1.31. The van der Waals surface area contributed by atoms with Gasteiger partial charge in [-0.3, -0.25) is 4.21 Å². The van der Waals surface area contributed by atoms with Crippen LogP contribution in [-0.4, -0.2) is 22.5 Å². The first-order valence-electron chi connectivity index (χ1n) is 8.33. The number of nitrogens with one attached hydrogen (secondary N) is 1. The van der Waals surface area contributed by atoms with E-state index in [-0.39, 0.29) is 0 Å². The lowest BCUT2D eigenvalue weighted by molar-refractivity contribution is 0.392. The Morgan fingerprint density at radius 1 is 1.19 bits per heavy atom. The average Bonchev–Trinajstić information content (AvgIpc) is 3.01. The molecule has 0 heterocycles. The lowest BCUT2D eigenvalue weighted by Crippen LogP contribution is -2.39. The fourth-order valence-corrected chi connectivity index (χ4v) is 4.60. The van der Waals surface area contributed by atoms with Crippen molar-refractivity contribution in [3.05, 3.63) is 29.8 Å². The summed E-state index contributed by atoms with van der Waals surface area (Å²) in [6.07, 6.45) is 5.26. The van der Waals surface area contributed by atoms with Gasteiger partial charge in [0.25, 0.3) is 0 Å². The zero-order valence-electron chi connectivity index (χ0n) is 13.6. The van der Waals surface area contributed by atoms with Crippen molar-refractivity contribution >= 4 is 10.8 Å². The van der Waals surface area contributed by atoms with Crippen LogP contribution >= 0.6 is 0 Å². The van der Waals surface area contributed by atoms with Crippen molar-refractivity contribution in [2.75, 3.05) is 12.3 Å². The molecule has 0 bridgehead atoms. The van der Waals surface area contributed by atoms with Crippen molar-refractivity contribution in [2.45, 2.75) is 63.3 Å². The van der Waals surface area contributed by atoms with Crippen molar-refractivity contribution < 1.29 is 4.21 Å². The lowest BCUT2D eigenvalue weighted by Gasteiger charge is -2.24. The Balaban J connectivity index is 2.00. The third kappa shape index (κ3) is 4.65. The first-order valence-corrected chi connectivity index (χ1v) is 9.65. The van der Waals surface area contributed by atoms with E-state index in [9.17, 15) is 4.21 Å². The van der Waals surface area contributed by atoms with Gasteiger partial charge in [-0.1, -0.05) is 45.7 Å². The second-order valence-electron chi connectivity index (χ2n) is 6.44. The molecule has 1 aromatic rings. The highest BCUT2D eigenvalue weighted by Gasteiger charge is 2.26. The van der Waals surface area contributed by atoms with E-state index in [1.807, 2.05) is 12.1 Å². The molecule has 1 aliphatic carbocycles. The molecule has 1 fully saturated rings. The van der Waals surface area contributed by atoms with Gasteiger partial charge in [0.05, 0.1) is 10.8 Å². The summed E-state index contributed by atoms with van der Waals surface area (Å²) in [4.78, 5) is 0.973. The average molecular weight is 308 g/mol. The molecule has 2 atom stereocenters. The first kappa shape index (κ1) is 16.7. The summed E-state index contributed by atoms with van der Waals surface area (Å²) in [5.74, 6) is 1.99. The fourth-order valence-electron chi connectivity index (χ4n) is 3.25. The topological polar surface area (TPSA) is 29.1 Å². The van der Waals surface area contributed by atoms with Gasteiger partial charge in [-0.15, -0.1) is 0 Å². The van der Waals surface area contributed by atoms with E-state index in [2.05, 4.69) is 38.2 Å². The minimum atomic E-state index is -0.895. The van der Waals surface area contributed by atoms with Crippen molar-refractivity contribution in [3.8, 4) is 0 Å². The van der Waals surface area contributed by atoms with E-state index in [0.717, 1.165) is 17.2 Å². The zero-order valence-corrected chi connectivity index (χ0v) is 14.4. The predicted octanol–water partition coefficient (Wildman–Crippen LogP) is 4.09. The van der Waals surface area contributed by atoms with Crippen LogP contribution in [0, 0.1) is 5.92 Å². The summed E-state index contributed by atoms with van der Waals surface area (Å²) in [6, 6.07) is 8.74. The van der Waals surface area contributed by atoms with Gasteiger partial charge >= 0.3 is 0 Å². The predicted molar refractivity (Wildman–Crippen MR) is 91.2 cm³/mol. The van der Waals surface area contributed by atoms with Crippen LogP contribution in [0.3, 0.4) is 0 Å². The number of rotatable bonds is 7. The van der Waals surface area contributed by atoms with E-state index < -0.39 is 10.8 Å². The maximum absolute atomic E-state index is 12.6. The van der Waals surface area contributed by atoms with Gasteiger partial charge in [-0.05, 0) is 48.9 Å². The number of hydrogen-bond acceptors (Lipinski definition) is 2. The monoisotopic (exact) mass is 307 g/mol. The summed E-state index contributed by atoms with van der Waals surface area (Å²) in [7, 11) is -0.895. The van der Waals surface area contributed by atoms with Gasteiger partial charge in [0.1, 0.15) is 0 Å². The van der Waals surface area contributed by atoms with Crippen LogP contribution in [0.4, 0.5) is 0 Å². The Morgan fingerprint density at radius 3 is 2.33 bits per heavy atom. The van der Waals surface area contributed by atoms with E-state index in [0.29, 0.717) is 17.9 Å². The smallest absolute Gasteiger partial charge is 0.0545 e. The van der Waals surface area contributed by atoms with Crippen LogP contribution in [0.25, 0.3) is 0 Å². The third-order valence-electron chi connectivity index (χ3n) is 4.58. The summed E-state index contributed by atoms with van der Waals surface area (Å²) in [5, 5.41) is 3.56. The molecule has 0 amide bonds. The highest BCUT2D eigenvalue weighted by molar-refractivity contribution is 7.85. The van der Waals surface area contributed by atoms with Crippen LogP contribution in [0.15, 0.2) is 29.2 Å². The molecule has 0 saturated heterocycles. The number of hydrogen-bond donors (Lipinski definition) is 1. The van der Waals surface area contributed by atoms with Crippen LogP contribution in [0.2, 0.25) is 0 Å². The minimum Gasteiger partial charge on any atom is -0.313 e. The largest absolute Gasteiger partial charge is 0.313 e.